The SMILES string of the molecule is CCOc1cc(/C=C2\SC(=O)N(Cc3ccccc3)C2=O)ccc1OCC(=O)O. The van der Waals surface area contributed by atoms with E-state index in [4.69, 9.17) is 14.6 Å². The van der Waals surface area contributed by atoms with Crippen LogP contribution in [0.25, 0.3) is 6.08 Å². The highest BCUT2D eigenvalue weighted by atomic mass is 32.2. The predicted molar refractivity (Wildman–Crippen MR) is 109 cm³/mol. The van der Waals surface area contributed by atoms with Gasteiger partial charge >= 0.3 is 5.97 Å². The highest BCUT2D eigenvalue weighted by molar-refractivity contribution is 8.18. The Balaban J connectivity index is 1.80. The molecule has 1 aliphatic heterocycles. The van der Waals surface area contributed by atoms with E-state index in [0.29, 0.717) is 28.6 Å². The maximum absolute atomic E-state index is 12.7. The molecule has 0 spiro atoms. The lowest BCUT2D eigenvalue weighted by Gasteiger charge is -2.12. The first kappa shape index (κ1) is 20.5. The topological polar surface area (TPSA) is 93.1 Å². The molecule has 0 unspecified atom stereocenters. The lowest BCUT2D eigenvalue weighted by molar-refractivity contribution is -0.139. The van der Waals surface area contributed by atoms with E-state index in [1.165, 1.54) is 4.90 Å². The second kappa shape index (κ2) is 9.29. The lowest BCUT2D eigenvalue weighted by atomic mass is 10.1. The van der Waals surface area contributed by atoms with Crippen LogP contribution in [-0.2, 0) is 16.1 Å². The van der Waals surface area contributed by atoms with E-state index in [9.17, 15) is 14.4 Å². The van der Waals surface area contributed by atoms with Gasteiger partial charge in [0.1, 0.15) is 0 Å². The van der Waals surface area contributed by atoms with Crippen molar-refractivity contribution in [2.45, 2.75) is 13.5 Å². The summed E-state index contributed by atoms with van der Waals surface area (Å²) < 4.78 is 10.7. The molecule has 7 nitrogen and oxygen atoms in total. The number of ether oxygens (including phenoxy) is 2. The summed E-state index contributed by atoms with van der Waals surface area (Å²) in [5.41, 5.74) is 1.51. The Morgan fingerprint density at radius 3 is 2.55 bits per heavy atom. The molecule has 0 atom stereocenters. The van der Waals surface area contributed by atoms with Gasteiger partial charge in [0.15, 0.2) is 18.1 Å². The normalized spacial score (nSPS) is 15.1. The Morgan fingerprint density at radius 1 is 1.10 bits per heavy atom. The molecule has 0 bridgehead atoms. The van der Waals surface area contributed by atoms with Crippen LogP contribution < -0.4 is 9.47 Å². The van der Waals surface area contributed by atoms with E-state index in [-0.39, 0.29) is 17.7 Å². The van der Waals surface area contributed by atoms with Gasteiger partial charge in [-0.25, -0.2) is 4.79 Å². The molecule has 1 aliphatic rings. The summed E-state index contributed by atoms with van der Waals surface area (Å²) in [6.45, 7) is 1.88. The molecule has 1 heterocycles. The third-order valence-corrected chi connectivity index (χ3v) is 4.88. The molecule has 8 heteroatoms. The smallest absolute Gasteiger partial charge is 0.341 e. The van der Waals surface area contributed by atoms with Crippen LogP contribution in [0, 0.1) is 0 Å². The Hall–Kier alpha value is -3.26. The third-order valence-electron chi connectivity index (χ3n) is 3.97. The van der Waals surface area contributed by atoms with Crippen molar-refractivity contribution in [3.63, 3.8) is 0 Å². The molecule has 0 aromatic heterocycles. The molecule has 1 N–H and O–H groups in total. The van der Waals surface area contributed by atoms with Crippen molar-refractivity contribution in [1.82, 2.24) is 4.90 Å². The van der Waals surface area contributed by atoms with E-state index < -0.39 is 12.6 Å². The van der Waals surface area contributed by atoms with Gasteiger partial charge < -0.3 is 14.6 Å². The largest absolute Gasteiger partial charge is 0.490 e. The van der Waals surface area contributed by atoms with Crippen LogP contribution in [0.15, 0.2) is 53.4 Å². The molecule has 2 aromatic carbocycles. The minimum absolute atomic E-state index is 0.217. The Bertz CT molecular complexity index is 957. The Labute approximate surface area is 171 Å². The zero-order valence-corrected chi connectivity index (χ0v) is 16.5. The quantitative estimate of drug-likeness (QED) is 0.658. The zero-order valence-electron chi connectivity index (χ0n) is 15.7. The first-order chi connectivity index (χ1) is 14.0. The number of rotatable bonds is 8. The fourth-order valence-corrected chi connectivity index (χ4v) is 3.53. The molecule has 1 fully saturated rings. The van der Waals surface area contributed by atoms with Gasteiger partial charge in [-0.15, -0.1) is 0 Å². The molecular formula is C21H19NO6S. The summed E-state index contributed by atoms with van der Waals surface area (Å²) in [4.78, 5) is 37.2. The maximum atomic E-state index is 12.7. The van der Waals surface area contributed by atoms with Crippen molar-refractivity contribution in [3.8, 4) is 11.5 Å². The monoisotopic (exact) mass is 413 g/mol. The number of benzene rings is 2. The summed E-state index contributed by atoms with van der Waals surface area (Å²) in [5, 5.41) is 8.45. The highest BCUT2D eigenvalue weighted by Crippen LogP contribution is 2.35. The number of amides is 2. The number of aliphatic carboxylic acids is 1. The van der Waals surface area contributed by atoms with Crippen LogP contribution in [0.5, 0.6) is 11.5 Å². The minimum atomic E-state index is -1.09. The van der Waals surface area contributed by atoms with Gasteiger partial charge in [0, 0.05) is 0 Å². The predicted octanol–water partition coefficient (Wildman–Crippen LogP) is 3.79. The van der Waals surface area contributed by atoms with Crippen molar-refractivity contribution in [1.29, 1.82) is 0 Å². The van der Waals surface area contributed by atoms with Crippen molar-refractivity contribution < 1.29 is 29.0 Å². The van der Waals surface area contributed by atoms with Crippen LogP contribution in [0.2, 0.25) is 0 Å². The van der Waals surface area contributed by atoms with Crippen LogP contribution in [0.4, 0.5) is 4.79 Å². The average Bonchev–Trinajstić information content (AvgIpc) is 2.96. The zero-order chi connectivity index (χ0) is 20.8. The fraction of sp³-hybridized carbons (Fsp3) is 0.190. The second-order valence-corrected chi connectivity index (χ2v) is 7.07. The van der Waals surface area contributed by atoms with Crippen LogP contribution in [0.3, 0.4) is 0 Å². The van der Waals surface area contributed by atoms with Crippen molar-refractivity contribution >= 4 is 35.0 Å². The first-order valence-corrected chi connectivity index (χ1v) is 9.70. The third kappa shape index (κ3) is 5.17. The maximum Gasteiger partial charge on any atom is 0.341 e. The van der Waals surface area contributed by atoms with E-state index in [1.54, 1.807) is 31.2 Å². The van der Waals surface area contributed by atoms with Gasteiger partial charge in [0.05, 0.1) is 18.1 Å². The molecule has 150 valence electrons. The Morgan fingerprint density at radius 2 is 1.86 bits per heavy atom. The van der Waals surface area contributed by atoms with Crippen LogP contribution in [-0.4, -0.2) is 40.3 Å². The summed E-state index contributed by atoms with van der Waals surface area (Å²) in [7, 11) is 0. The summed E-state index contributed by atoms with van der Waals surface area (Å²) in [6, 6.07) is 14.2. The summed E-state index contributed by atoms with van der Waals surface area (Å²) >= 11 is 0.882. The van der Waals surface area contributed by atoms with Gasteiger partial charge in [-0.2, -0.15) is 0 Å². The van der Waals surface area contributed by atoms with E-state index in [0.717, 1.165) is 17.3 Å². The van der Waals surface area contributed by atoms with Gasteiger partial charge in [-0.05, 0) is 48.0 Å². The summed E-state index contributed by atoms with van der Waals surface area (Å²) in [6.07, 6.45) is 1.61. The fourth-order valence-electron chi connectivity index (χ4n) is 2.70. The van der Waals surface area contributed by atoms with Crippen LogP contribution in [0.1, 0.15) is 18.1 Å². The molecule has 2 aromatic rings. The molecule has 3 rings (SSSR count). The highest BCUT2D eigenvalue weighted by Gasteiger charge is 2.35. The van der Waals surface area contributed by atoms with Crippen molar-refractivity contribution in [2.75, 3.05) is 13.2 Å². The number of carboxylic acids is 1. The number of hydrogen-bond donors (Lipinski definition) is 1. The molecule has 0 aliphatic carbocycles. The van der Waals surface area contributed by atoms with Gasteiger partial charge in [0.2, 0.25) is 0 Å². The van der Waals surface area contributed by atoms with Gasteiger partial charge in [0.25, 0.3) is 11.1 Å². The molecule has 2 amide bonds. The number of carboxylic acid groups (broad SMARTS) is 1. The number of thioether (sulfide) groups is 1. The number of carbonyl (C=O) groups is 3. The molecule has 0 radical (unpaired) electrons. The number of hydrogen-bond acceptors (Lipinski definition) is 6. The molecule has 1 saturated heterocycles. The van der Waals surface area contributed by atoms with Gasteiger partial charge in [-0.3, -0.25) is 14.5 Å². The standard InChI is InChI=1S/C21H19NO6S/c1-2-27-17-10-15(8-9-16(17)28-13-19(23)24)11-18-20(25)22(21(26)29-18)12-14-6-4-3-5-7-14/h3-11H,2,12-13H2,1H3,(H,23,24)/b18-11-. The molecule has 0 saturated carbocycles. The van der Waals surface area contributed by atoms with Gasteiger partial charge in [-0.1, -0.05) is 36.4 Å². The second-order valence-electron chi connectivity index (χ2n) is 6.08. The van der Waals surface area contributed by atoms with E-state index in [2.05, 4.69) is 0 Å². The summed E-state index contributed by atoms with van der Waals surface area (Å²) in [5.74, 6) is -0.786. The van der Waals surface area contributed by atoms with Crippen LogP contribution >= 0.6 is 11.8 Å². The van der Waals surface area contributed by atoms with Crippen molar-refractivity contribution in [3.05, 3.63) is 64.6 Å². The Kier molecular flexibility index (Phi) is 6.56. The van der Waals surface area contributed by atoms with E-state index in [1.807, 2.05) is 30.3 Å². The average molecular weight is 413 g/mol. The van der Waals surface area contributed by atoms with Crippen molar-refractivity contribution in [2.24, 2.45) is 0 Å². The number of nitrogens with zero attached hydrogens (tertiary/aromatic N) is 1. The number of carbonyl (C=O) groups excluding carboxylic acids is 2. The van der Waals surface area contributed by atoms with E-state index >= 15 is 0 Å². The first-order valence-electron chi connectivity index (χ1n) is 8.88. The lowest BCUT2D eigenvalue weighted by Crippen LogP contribution is -2.27. The molecule has 29 heavy (non-hydrogen) atoms. The minimum Gasteiger partial charge on any atom is -0.490 e. The number of imide groups is 1. The molecular weight excluding hydrogens is 394 g/mol.